The van der Waals surface area contributed by atoms with Gasteiger partial charge in [-0.05, 0) is 38.0 Å². The minimum absolute atomic E-state index is 0.0255. The lowest BCUT2D eigenvalue weighted by Crippen LogP contribution is -2.48. The first kappa shape index (κ1) is 24.1. The van der Waals surface area contributed by atoms with Crippen LogP contribution in [0.1, 0.15) is 49.5 Å². The maximum absolute atomic E-state index is 14.1. The molecule has 2 N–H and O–H groups in total. The average Bonchev–Trinajstić information content (AvgIpc) is 3.52. The Bertz CT molecular complexity index is 1370. The van der Waals surface area contributed by atoms with E-state index in [0.717, 1.165) is 36.6 Å². The fourth-order valence-corrected chi connectivity index (χ4v) is 5.23. The van der Waals surface area contributed by atoms with Crippen LogP contribution < -0.4 is 10.2 Å². The van der Waals surface area contributed by atoms with Crippen LogP contribution in [0, 0.1) is 6.92 Å². The van der Waals surface area contributed by atoms with Crippen LogP contribution >= 0.6 is 11.6 Å². The van der Waals surface area contributed by atoms with Gasteiger partial charge < -0.3 is 9.88 Å². The highest BCUT2D eigenvalue weighted by Gasteiger charge is 2.36. The number of aromatic amines is 1. The number of hydrogen-bond acceptors (Lipinski definition) is 4. The molecule has 9 heteroatoms. The zero-order chi connectivity index (χ0) is 25.1. The summed E-state index contributed by atoms with van der Waals surface area (Å²) in [7, 11) is 0. The molecular formula is C27H29ClN6O2. The van der Waals surface area contributed by atoms with Crippen molar-refractivity contribution in [2.45, 2.75) is 57.7 Å². The number of aryl methyl sites for hydroxylation is 1. The molecule has 8 nitrogen and oxygen atoms in total. The second-order valence-corrected chi connectivity index (χ2v) is 9.65. The van der Waals surface area contributed by atoms with Crippen molar-refractivity contribution in [3.05, 3.63) is 77.5 Å². The van der Waals surface area contributed by atoms with Gasteiger partial charge in [0.05, 0.1) is 17.4 Å². The molecule has 1 aliphatic carbocycles. The van der Waals surface area contributed by atoms with Gasteiger partial charge in [0, 0.05) is 34.4 Å². The summed E-state index contributed by atoms with van der Waals surface area (Å²) in [5, 5.41) is 11.5. The number of carbonyl (C=O) groups excluding carboxylic acids is 2. The van der Waals surface area contributed by atoms with Gasteiger partial charge in [0.25, 0.3) is 0 Å². The van der Waals surface area contributed by atoms with Crippen molar-refractivity contribution in [1.29, 1.82) is 0 Å². The summed E-state index contributed by atoms with van der Waals surface area (Å²) >= 11 is 6.66. The zero-order valence-electron chi connectivity index (χ0n) is 20.2. The van der Waals surface area contributed by atoms with Crippen molar-refractivity contribution >= 4 is 40.0 Å². The van der Waals surface area contributed by atoms with Crippen molar-refractivity contribution in [3.8, 4) is 0 Å². The molecule has 0 bridgehead atoms. The predicted octanol–water partition coefficient (Wildman–Crippen LogP) is 4.94. The van der Waals surface area contributed by atoms with Gasteiger partial charge in [-0.15, -0.1) is 0 Å². The predicted molar refractivity (Wildman–Crippen MR) is 140 cm³/mol. The summed E-state index contributed by atoms with van der Waals surface area (Å²) in [6, 6.07) is 11.9. The van der Waals surface area contributed by atoms with E-state index in [4.69, 9.17) is 11.6 Å². The molecule has 1 unspecified atom stereocenters. The number of nitrogens with one attached hydrogen (secondary N) is 2. The third-order valence-corrected chi connectivity index (χ3v) is 7.22. The lowest BCUT2D eigenvalue weighted by Gasteiger charge is -2.34. The van der Waals surface area contributed by atoms with Crippen molar-refractivity contribution in [2.24, 2.45) is 0 Å². The molecule has 5 rings (SSSR count). The summed E-state index contributed by atoms with van der Waals surface area (Å²) in [6.45, 7) is 1.87. The summed E-state index contributed by atoms with van der Waals surface area (Å²) in [5.74, 6) is 0.213. The SMILES string of the molecule is Cc1nccn1CC(=O)N(c1cccc2[nH]ncc12)C(C(=O)NC1CCCCC1)c1ccccc1Cl. The molecule has 2 aromatic heterocycles. The first-order chi connectivity index (χ1) is 17.5. The highest BCUT2D eigenvalue weighted by molar-refractivity contribution is 6.31. The number of imidazole rings is 1. The second kappa shape index (κ2) is 10.5. The van der Waals surface area contributed by atoms with Crippen molar-refractivity contribution < 1.29 is 9.59 Å². The Hall–Kier alpha value is -3.65. The molecule has 4 aromatic rings. The maximum atomic E-state index is 14.1. The lowest BCUT2D eigenvalue weighted by molar-refractivity contribution is -0.127. The molecule has 0 saturated heterocycles. The number of amides is 2. The van der Waals surface area contributed by atoms with Gasteiger partial charge in [0.1, 0.15) is 18.4 Å². The van der Waals surface area contributed by atoms with Crippen LogP contribution in [0.4, 0.5) is 5.69 Å². The molecule has 1 atom stereocenters. The van der Waals surface area contributed by atoms with Crippen molar-refractivity contribution in [2.75, 3.05) is 4.90 Å². The van der Waals surface area contributed by atoms with Gasteiger partial charge in [-0.2, -0.15) is 5.10 Å². The third kappa shape index (κ3) is 4.86. The smallest absolute Gasteiger partial charge is 0.248 e. The van der Waals surface area contributed by atoms with E-state index in [1.807, 2.05) is 43.3 Å². The maximum Gasteiger partial charge on any atom is 0.248 e. The number of aromatic nitrogens is 4. The zero-order valence-corrected chi connectivity index (χ0v) is 20.9. The average molecular weight is 505 g/mol. The van der Waals surface area contributed by atoms with E-state index in [1.54, 1.807) is 34.1 Å². The molecule has 186 valence electrons. The topological polar surface area (TPSA) is 95.9 Å². The first-order valence-electron chi connectivity index (χ1n) is 12.3. The number of benzene rings is 2. The molecule has 2 heterocycles. The number of nitrogens with zero attached hydrogens (tertiary/aromatic N) is 4. The van der Waals surface area contributed by atoms with E-state index in [2.05, 4.69) is 20.5 Å². The Kier molecular flexibility index (Phi) is 7.04. The molecule has 0 aliphatic heterocycles. The number of carbonyl (C=O) groups is 2. The Morgan fingerprint density at radius 3 is 2.72 bits per heavy atom. The number of hydrogen-bond donors (Lipinski definition) is 2. The molecular weight excluding hydrogens is 476 g/mol. The van der Waals surface area contributed by atoms with E-state index < -0.39 is 6.04 Å². The summed E-state index contributed by atoms with van der Waals surface area (Å²) in [4.78, 5) is 33.9. The molecule has 1 saturated carbocycles. The van der Waals surface area contributed by atoms with Gasteiger partial charge in [0.2, 0.25) is 11.8 Å². The summed E-state index contributed by atoms with van der Waals surface area (Å²) < 4.78 is 1.77. The molecule has 0 radical (unpaired) electrons. The quantitative estimate of drug-likeness (QED) is 0.372. The van der Waals surface area contributed by atoms with E-state index >= 15 is 0 Å². The largest absolute Gasteiger partial charge is 0.351 e. The summed E-state index contributed by atoms with van der Waals surface area (Å²) in [5.41, 5.74) is 1.94. The van der Waals surface area contributed by atoms with Gasteiger partial charge in [0.15, 0.2) is 0 Å². The normalized spacial score (nSPS) is 15.1. The number of H-pyrrole nitrogens is 1. The molecule has 2 amide bonds. The fraction of sp³-hybridized carbons (Fsp3) is 0.333. The van der Waals surface area contributed by atoms with Crippen molar-refractivity contribution in [3.63, 3.8) is 0 Å². The van der Waals surface area contributed by atoms with Gasteiger partial charge >= 0.3 is 0 Å². The second-order valence-electron chi connectivity index (χ2n) is 9.24. The highest BCUT2D eigenvalue weighted by atomic mass is 35.5. The van der Waals surface area contributed by atoms with Crippen LogP contribution in [0.25, 0.3) is 10.9 Å². The minimum Gasteiger partial charge on any atom is -0.351 e. The number of fused-ring (bicyclic) bond motifs is 1. The van der Waals surface area contributed by atoms with E-state index in [-0.39, 0.29) is 24.4 Å². The monoisotopic (exact) mass is 504 g/mol. The molecule has 2 aromatic carbocycles. The molecule has 1 fully saturated rings. The number of halogens is 1. The Labute approximate surface area is 214 Å². The van der Waals surface area contributed by atoms with Crippen LogP contribution in [-0.4, -0.2) is 37.6 Å². The van der Waals surface area contributed by atoms with E-state index in [1.165, 1.54) is 6.42 Å². The highest BCUT2D eigenvalue weighted by Crippen LogP contribution is 2.36. The fourth-order valence-electron chi connectivity index (χ4n) is 4.99. The molecule has 1 aliphatic rings. The van der Waals surface area contributed by atoms with Crippen LogP contribution in [0.3, 0.4) is 0 Å². The van der Waals surface area contributed by atoms with Crippen molar-refractivity contribution in [1.82, 2.24) is 25.1 Å². The lowest BCUT2D eigenvalue weighted by atomic mass is 9.94. The number of anilines is 1. The van der Waals surface area contributed by atoms with Gasteiger partial charge in [-0.1, -0.05) is 55.1 Å². The van der Waals surface area contributed by atoms with Gasteiger partial charge in [-0.3, -0.25) is 19.6 Å². The van der Waals surface area contributed by atoms with E-state index in [0.29, 0.717) is 22.1 Å². The van der Waals surface area contributed by atoms with Crippen LogP contribution in [0.15, 0.2) is 61.1 Å². The molecule has 36 heavy (non-hydrogen) atoms. The van der Waals surface area contributed by atoms with Gasteiger partial charge in [-0.25, -0.2) is 4.98 Å². The van der Waals surface area contributed by atoms with Crippen LogP contribution in [-0.2, 0) is 16.1 Å². The Morgan fingerprint density at radius 1 is 1.17 bits per heavy atom. The molecule has 0 spiro atoms. The van der Waals surface area contributed by atoms with E-state index in [9.17, 15) is 9.59 Å². The van der Waals surface area contributed by atoms with Crippen LogP contribution in [0.5, 0.6) is 0 Å². The Morgan fingerprint density at radius 2 is 1.97 bits per heavy atom. The first-order valence-corrected chi connectivity index (χ1v) is 12.7. The summed E-state index contributed by atoms with van der Waals surface area (Å²) in [6.07, 6.45) is 10.3. The Balaban J connectivity index is 1.63. The standard InChI is InChI=1S/C27H29ClN6O2/c1-18-29-14-15-33(18)17-25(35)34(24-13-7-12-23-21(24)16-30-32-23)26(20-10-5-6-11-22(20)28)27(36)31-19-8-3-2-4-9-19/h5-7,10-16,19,26H,2-4,8-9,17H2,1H3,(H,30,32)(H,31,36). The number of rotatable bonds is 7. The minimum atomic E-state index is -0.961. The third-order valence-electron chi connectivity index (χ3n) is 6.88. The van der Waals surface area contributed by atoms with Crippen LogP contribution in [0.2, 0.25) is 5.02 Å².